The zero-order chi connectivity index (χ0) is 23.3. The Morgan fingerprint density at radius 1 is 0.875 bits per heavy atom. The van der Waals surface area contributed by atoms with Crippen LogP contribution in [-0.4, -0.2) is 57.4 Å². The lowest BCUT2D eigenvalue weighted by atomic mass is 10.0. The summed E-state index contributed by atoms with van der Waals surface area (Å²) < 4.78 is 34.3. The molecule has 0 aromatic heterocycles. The Morgan fingerprint density at radius 2 is 1.41 bits per heavy atom. The van der Waals surface area contributed by atoms with Crippen LogP contribution in [0.15, 0.2) is 0 Å². The highest BCUT2D eigenvalue weighted by atomic mass is 31.2. The van der Waals surface area contributed by atoms with Crippen LogP contribution in [0.3, 0.4) is 0 Å². The van der Waals surface area contributed by atoms with Crippen molar-refractivity contribution >= 4 is 7.75 Å². The zero-order valence-electron chi connectivity index (χ0n) is 20.7. The van der Waals surface area contributed by atoms with Gasteiger partial charge >= 0.3 is 7.75 Å². The van der Waals surface area contributed by atoms with Crippen molar-refractivity contribution in [2.75, 3.05) is 40.1 Å². The lowest BCUT2D eigenvalue weighted by Crippen LogP contribution is -2.27. The van der Waals surface area contributed by atoms with Gasteiger partial charge in [-0.1, -0.05) is 96.8 Å². The Kier molecular flexibility index (Phi) is 19.1. The molecule has 0 aromatic rings. The van der Waals surface area contributed by atoms with Crippen LogP contribution in [0.1, 0.15) is 103 Å². The molecule has 32 heavy (non-hydrogen) atoms. The van der Waals surface area contributed by atoms with Crippen LogP contribution in [0.25, 0.3) is 0 Å². The van der Waals surface area contributed by atoms with Gasteiger partial charge in [0.2, 0.25) is 0 Å². The summed E-state index contributed by atoms with van der Waals surface area (Å²) in [5.41, 5.74) is 0. The van der Waals surface area contributed by atoms with E-state index in [9.17, 15) is 9.67 Å². The molecule has 1 aliphatic heterocycles. The van der Waals surface area contributed by atoms with E-state index in [4.69, 9.17) is 18.5 Å². The van der Waals surface area contributed by atoms with Gasteiger partial charge in [0.15, 0.2) is 0 Å². The fourth-order valence-electron chi connectivity index (χ4n) is 3.92. The lowest BCUT2D eigenvalue weighted by molar-refractivity contribution is -0.0404. The van der Waals surface area contributed by atoms with Gasteiger partial charge in [-0.25, -0.2) is 9.65 Å². The van der Waals surface area contributed by atoms with E-state index in [1.165, 1.54) is 77.0 Å². The van der Waals surface area contributed by atoms with E-state index in [-0.39, 0.29) is 25.4 Å². The van der Waals surface area contributed by atoms with E-state index in [1.807, 2.05) is 0 Å². The fourth-order valence-corrected chi connectivity index (χ4v) is 5.40. The highest BCUT2D eigenvalue weighted by Gasteiger charge is 2.32. The Labute approximate surface area is 196 Å². The largest absolute Gasteiger partial charge is 0.405 e. The first kappa shape index (κ1) is 30.0. The van der Waals surface area contributed by atoms with Crippen LogP contribution < -0.4 is 5.09 Å². The molecule has 1 rings (SSSR count). The van der Waals surface area contributed by atoms with Gasteiger partial charge < -0.3 is 14.6 Å². The Balaban J connectivity index is 2.08. The van der Waals surface area contributed by atoms with Crippen LogP contribution in [0.4, 0.5) is 0 Å². The van der Waals surface area contributed by atoms with Gasteiger partial charge in [0, 0.05) is 13.7 Å². The Morgan fingerprint density at radius 3 is 1.88 bits per heavy atom. The minimum atomic E-state index is -3.20. The number of aliphatic hydroxyl groups is 1. The second kappa shape index (κ2) is 20.4. The highest BCUT2D eigenvalue weighted by Crippen LogP contribution is 2.48. The maximum absolute atomic E-state index is 12.5. The lowest BCUT2D eigenvalue weighted by Gasteiger charge is -2.22. The molecular weight excluding hydrogens is 429 g/mol. The maximum Gasteiger partial charge on any atom is 0.405 e. The predicted octanol–water partition coefficient (Wildman–Crippen LogP) is 5.99. The second-order valence-corrected chi connectivity index (χ2v) is 10.7. The van der Waals surface area contributed by atoms with Gasteiger partial charge in [-0.15, -0.1) is 0 Å². The van der Waals surface area contributed by atoms with Crippen molar-refractivity contribution in [3.05, 3.63) is 0 Å². The molecule has 0 aromatic carbocycles. The number of hydrogen-bond acceptors (Lipinski definition) is 6. The van der Waals surface area contributed by atoms with Gasteiger partial charge in [-0.3, -0.25) is 9.05 Å². The molecule has 1 fully saturated rings. The predicted molar refractivity (Wildman–Crippen MR) is 130 cm³/mol. The first-order valence-corrected chi connectivity index (χ1v) is 14.6. The number of nitrogens with one attached hydrogen (secondary N) is 1. The van der Waals surface area contributed by atoms with Gasteiger partial charge in [0.05, 0.1) is 32.5 Å². The molecule has 1 aliphatic rings. The third-order valence-electron chi connectivity index (χ3n) is 5.98. The van der Waals surface area contributed by atoms with E-state index >= 15 is 0 Å². The summed E-state index contributed by atoms with van der Waals surface area (Å²) in [7, 11) is -1.66. The van der Waals surface area contributed by atoms with Crippen molar-refractivity contribution in [1.82, 2.24) is 5.09 Å². The van der Waals surface area contributed by atoms with Crippen LogP contribution >= 0.6 is 7.75 Å². The van der Waals surface area contributed by atoms with Crippen molar-refractivity contribution in [1.29, 1.82) is 0 Å². The summed E-state index contributed by atoms with van der Waals surface area (Å²) in [6.45, 7) is 3.71. The average molecular weight is 480 g/mol. The van der Waals surface area contributed by atoms with Gasteiger partial charge in [-0.2, -0.15) is 0 Å². The van der Waals surface area contributed by atoms with E-state index in [1.54, 1.807) is 7.11 Å². The first-order valence-electron chi connectivity index (χ1n) is 13.0. The minimum Gasteiger partial charge on any atom is -0.394 e. The fraction of sp³-hybridized carbons (Fsp3) is 1.00. The SMILES string of the molecule is CCCCCCCCCCCCCCCCC(COCC(CO)OC)OP1(=O)NCCO1. The van der Waals surface area contributed by atoms with Crippen molar-refractivity contribution in [2.24, 2.45) is 0 Å². The molecule has 0 amide bonds. The smallest absolute Gasteiger partial charge is 0.394 e. The van der Waals surface area contributed by atoms with Crippen LogP contribution in [-0.2, 0) is 23.1 Å². The van der Waals surface area contributed by atoms with Crippen LogP contribution in [0, 0.1) is 0 Å². The summed E-state index contributed by atoms with van der Waals surface area (Å²) in [5, 5.41) is 12.0. The molecule has 8 heteroatoms. The zero-order valence-corrected chi connectivity index (χ0v) is 21.6. The molecule has 0 spiro atoms. The van der Waals surface area contributed by atoms with Gasteiger partial charge in [-0.05, 0) is 6.42 Å². The molecule has 1 saturated heterocycles. The van der Waals surface area contributed by atoms with Crippen LogP contribution in [0.5, 0.6) is 0 Å². The third kappa shape index (κ3) is 15.8. The third-order valence-corrected chi connectivity index (χ3v) is 7.69. The highest BCUT2D eigenvalue weighted by molar-refractivity contribution is 7.51. The average Bonchev–Trinajstić information content (AvgIpc) is 3.22. The molecule has 0 aliphatic carbocycles. The quantitative estimate of drug-likeness (QED) is 0.137. The number of aliphatic hydroxyl groups excluding tert-OH is 1. The number of hydrogen-bond donors (Lipinski definition) is 2. The van der Waals surface area contributed by atoms with E-state index in [2.05, 4.69) is 12.0 Å². The van der Waals surface area contributed by atoms with E-state index < -0.39 is 7.75 Å². The van der Waals surface area contributed by atoms with Crippen molar-refractivity contribution < 1.29 is 28.2 Å². The van der Waals surface area contributed by atoms with E-state index in [0.29, 0.717) is 19.8 Å². The summed E-state index contributed by atoms with van der Waals surface area (Å²) in [4.78, 5) is 0. The number of ether oxygens (including phenoxy) is 2. The van der Waals surface area contributed by atoms with Gasteiger partial charge in [0.25, 0.3) is 0 Å². The molecule has 2 N–H and O–H groups in total. The molecule has 3 atom stereocenters. The number of unbranched alkanes of at least 4 members (excludes halogenated alkanes) is 13. The summed E-state index contributed by atoms with van der Waals surface area (Å²) >= 11 is 0. The first-order chi connectivity index (χ1) is 15.6. The monoisotopic (exact) mass is 479 g/mol. The minimum absolute atomic E-state index is 0.0931. The number of rotatable bonds is 23. The van der Waals surface area contributed by atoms with Crippen molar-refractivity contribution in [2.45, 2.75) is 115 Å². The Hall–Kier alpha value is -0.0100. The second-order valence-electron chi connectivity index (χ2n) is 8.93. The maximum atomic E-state index is 12.5. The standard InChI is InChI=1S/C24H50NO6P/c1-3-4-5-6-7-8-9-10-11-12-13-14-15-16-17-23(21-29-22-24(20-26)28-2)31-32(27)25-18-19-30-32/h23-24,26H,3-22H2,1-2H3,(H,25,27). The number of methoxy groups -OCH3 is 1. The molecule has 0 saturated carbocycles. The summed E-state index contributed by atoms with van der Waals surface area (Å²) in [6.07, 6.45) is 18.6. The summed E-state index contributed by atoms with van der Waals surface area (Å²) in [6, 6.07) is 0. The molecule has 0 bridgehead atoms. The topological polar surface area (TPSA) is 86.3 Å². The molecule has 3 unspecified atom stereocenters. The van der Waals surface area contributed by atoms with Crippen LogP contribution in [0.2, 0.25) is 0 Å². The molecule has 0 radical (unpaired) electrons. The molecule has 7 nitrogen and oxygen atoms in total. The molecular formula is C24H50NO6P. The Bertz CT molecular complexity index is 454. The normalized spacial score (nSPS) is 20.6. The molecule has 192 valence electrons. The summed E-state index contributed by atoms with van der Waals surface area (Å²) in [5.74, 6) is 0. The van der Waals surface area contributed by atoms with Crippen molar-refractivity contribution in [3.8, 4) is 0 Å². The van der Waals surface area contributed by atoms with Gasteiger partial charge in [0.1, 0.15) is 6.10 Å². The van der Waals surface area contributed by atoms with Crippen molar-refractivity contribution in [3.63, 3.8) is 0 Å². The molecule has 1 heterocycles. The van der Waals surface area contributed by atoms with E-state index in [0.717, 1.165) is 19.3 Å².